The van der Waals surface area contributed by atoms with E-state index in [1.54, 1.807) is 0 Å². The minimum Gasteiger partial charge on any atom is -0.318 e. The quantitative estimate of drug-likeness (QED) is 0.496. The highest BCUT2D eigenvalue weighted by molar-refractivity contribution is 6.30. The van der Waals surface area contributed by atoms with Gasteiger partial charge >= 0.3 is 5.69 Å². The Balaban J connectivity index is 2.37. The number of nitro groups is 1. The summed E-state index contributed by atoms with van der Waals surface area (Å²) in [5, 5.41) is 11.1. The molecule has 1 aromatic carbocycles. The lowest BCUT2D eigenvalue weighted by Gasteiger charge is -2.08. The van der Waals surface area contributed by atoms with E-state index in [0.29, 0.717) is 10.6 Å². The number of aromatic nitrogens is 2. The van der Waals surface area contributed by atoms with Crippen LogP contribution in [0.1, 0.15) is 5.56 Å². The molecular formula is C11H10ClN5O3. The Hall–Kier alpha value is -2.45. The number of rotatable bonds is 4. The lowest BCUT2D eigenvalue weighted by Crippen LogP contribution is -2.22. The Labute approximate surface area is 117 Å². The highest BCUT2D eigenvalue weighted by Gasteiger charge is 2.13. The highest BCUT2D eigenvalue weighted by Crippen LogP contribution is 2.24. The molecule has 8 nitrogen and oxygen atoms in total. The first kappa shape index (κ1) is 14.0. The van der Waals surface area contributed by atoms with Gasteiger partial charge in [0.25, 0.3) is 5.69 Å². The zero-order chi connectivity index (χ0) is 14.7. The Bertz CT molecular complexity index is 715. The first-order chi connectivity index (χ1) is 9.51. The monoisotopic (exact) mass is 295 g/mol. The van der Waals surface area contributed by atoms with Gasteiger partial charge in [0.1, 0.15) is 5.69 Å². The molecule has 9 heteroatoms. The van der Waals surface area contributed by atoms with Crippen LogP contribution < -0.4 is 17.0 Å². The number of halogens is 1. The van der Waals surface area contributed by atoms with Crippen LogP contribution in [0.2, 0.25) is 5.02 Å². The minimum absolute atomic E-state index is 0.146. The van der Waals surface area contributed by atoms with Crippen molar-refractivity contribution < 1.29 is 4.92 Å². The summed E-state index contributed by atoms with van der Waals surface area (Å²) in [5.41, 5.74) is 2.46. The molecule has 104 valence electrons. The predicted octanol–water partition coefficient (Wildman–Crippen LogP) is 1.14. The summed E-state index contributed by atoms with van der Waals surface area (Å²) in [5.74, 6) is 5.25. The van der Waals surface area contributed by atoms with Crippen LogP contribution in [0.3, 0.4) is 0 Å². The fourth-order valence-corrected chi connectivity index (χ4v) is 1.86. The standard InChI is InChI=1S/C11H10ClN5O3/c12-8-4-14-11(18)16(6-8)5-7-1-2-10(17(19)20)9(3-7)15-13/h1-4,6,15H,5,13H2. The third kappa shape index (κ3) is 2.92. The van der Waals surface area contributed by atoms with Crippen LogP contribution in [-0.4, -0.2) is 14.5 Å². The molecule has 0 spiro atoms. The molecule has 0 aliphatic rings. The first-order valence-corrected chi connectivity index (χ1v) is 5.85. The highest BCUT2D eigenvalue weighted by atomic mass is 35.5. The second kappa shape index (κ2) is 5.68. The minimum atomic E-state index is -0.550. The molecule has 0 atom stereocenters. The Morgan fingerprint density at radius 3 is 2.90 bits per heavy atom. The fourth-order valence-electron chi connectivity index (χ4n) is 1.69. The second-order valence-electron chi connectivity index (χ2n) is 3.94. The van der Waals surface area contributed by atoms with E-state index in [1.165, 1.54) is 35.2 Å². The van der Waals surface area contributed by atoms with Crippen molar-refractivity contribution in [2.45, 2.75) is 6.54 Å². The van der Waals surface area contributed by atoms with Crippen LogP contribution >= 0.6 is 11.6 Å². The lowest BCUT2D eigenvalue weighted by molar-refractivity contribution is -0.384. The average molecular weight is 296 g/mol. The van der Waals surface area contributed by atoms with E-state index < -0.39 is 10.6 Å². The van der Waals surface area contributed by atoms with E-state index >= 15 is 0 Å². The van der Waals surface area contributed by atoms with Gasteiger partial charge in [-0.1, -0.05) is 17.7 Å². The number of nitrogens with two attached hydrogens (primary N) is 1. The maximum atomic E-state index is 11.6. The number of nitrogens with one attached hydrogen (secondary N) is 1. The van der Waals surface area contributed by atoms with Crippen LogP contribution in [-0.2, 0) is 6.54 Å². The van der Waals surface area contributed by atoms with Gasteiger partial charge in [0.15, 0.2) is 0 Å². The smallest absolute Gasteiger partial charge is 0.318 e. The molecule has 3 N–H and O–H groups in total. The number of hydrogen-bond acceptors (Lipinski definition) is 6. The topological polar surface area (TPSA) is 116 Å². The van der Waals surface area contributed by atoms with E-state index in [4.69, 9.17) is 17.4 Å². The molecule has 20 heavy (non-hydrogen) atoms. The molecule has 0 radical (unpaired) electrons. The van der Waals surface area contributed by atoms with Gasteiger partial charge in [-0.25, -0.2) is 9.78 Å². The summed E-state index contributed by atoms with van der Waals surface area (Å²) in [4.78, 5) is 25.4. The Morgan fingerprint density at radius 1 is 1.50 bits per heavy atom. The number of hydrazine groups is 1. The molecule has 2 rings (SSSR count). The third-order valence-corrected chi connectivity index (χ3v) is 2.78. The van der Waals surface area contributed by atoms with Crippen molar-refractivity contribution in [3.8, 4) is 0 Å². The number of nitrogens with zero attached hydrogens (tertiary/aromatic N) is 3. The van der Waals surface area contributed by atoms with Crippen LogP contribution in [0.25, 0.3) is 0 Å². The molecule has 0 aliphatic heterocycles. The Kier molecular flexibility index (Phi) is 3.97. The summed E-state index contributed by atoms with van der Waals surface area (Å²) in [6, 6.07) is 4.34. The zero-order valence-electron chi connectivity index (χ0n) is 10.1. The number of nitro benzene ring substituents is 1. The number of anilines is 1. The molecule has 0 amide bonds. The van der Waals surface area contributed by atoms with Gasteiger partial charge in [-0.3, -0.25) is 20.5 Å². The van der Waals surface area contributed by atoms with Gasteiger partial charge in [0.2, 0.25) is 0 Å². The Morgan fingerprint density at radius 2 is 2.25 bits per heavy atom. The average Bonchev–Trinajstić information content (AvgIpc) is 2.42. The molecule has 0 saturated carbocycles. The van der Waals surface area contributed by atoms with Crippen molar-refractivity contribution in [3.05, 3.63) is 61.8 Å². The molecule has 0 aliphatic carbocycles. The van der Waals surface area contributed by atoms with Gasteiger partial charge in [-0.2, -0.15) is 0 Å². The summed E-state index contributed by atoms with van der Waals surface area (Å²) in [7, 11) is 0. The summed E-state index contributed by atoms with van der Waals surface area (Å²) >= 11 is 5.76. The first-order valence-electron chi connectivity index (χ1n) is 5.47. The fraction of sp³-hybridized carbons (Fsp3) is 0.0909. The van der Waals surface area contributed by atoms with Gasteiger partial charge in [0.05, 0.1) is 22.7 Å². The van der Waals surface area contributed by atoms with Crippen molar-refractivity contribution in [1.29, 1.82) is 0 Å². The van der Waals surface area contributed by atoms with Crippen molar-refractivity contribution in [2.75, 3.05) is 5.43 Å². The molecule has 0 unspecified atom stereocenters. The number of hydrogen-bond donors (Lipinski definition) is 2. The molecule has 2 aromatic rings. The van der Waals surface area contributed by atoms with Crippen molar-refractivity contribution in [2.24, 2.45) is 5.84 Å². The second-order valence-corrected chi connectivity index (χ2v) is 4.37. The molecule has 1 aromatic heterocycles. The SMILES string of the molecule is NNc1cc(Cn2cc(Cl)cnc2=O)ccc1[N+](=O)[O-]. The summed E-state index contributed by atoms with van der Waals surface area (Å²) in [6.07, 6.45) is 2.69. The van der Waals surface area contributed by atoms with Crippen molar-refractivity contribution >= 4 is 23.0 Å². The van der Waals surface area contributed by atoms with E-state index in [9.17, 15) is 14.9 Å². The molecular weight excluding hydrogens is 286 g/mol. The van der Waals surface area contributed by atoms with Crippen molar-refractivity contribution in [3.63, 3.8) is 0 Å². The summed E-state index contributed by atoms with van der Waals surface area (Å²) in [6.45, 7) is 0.180. The molecule has 1 heterocycles. The van der Waals surface area contributed by atoms with E-state index in [1.807, 2.05) is 0 Å². The largest absolute Gasteiger partial charge is 0.347 e. The van der Waals surface area contributed by atoms with Crippen LogP contribution in [0.5, 0.6) is 0 Å². The number of benzene rings is 1. The van der Waals surface area contributed by atoms with Crippen LogP contribution in [0, 0.1) is 10.1 Å². The van der Waals surface area contributed by atoms with E-state index in [2.05, 4.69) is 10.4 Å². The maximum absolute atomic E-state index is 11.6. The summed E-state index contributed by atoms with van der Waals surface area (Å²) < 4.78 is 1.30. The molecule has 0 bridgehead atoms. The third-order valence-electron chi connectivity index (χ3n) is 2.59. The number of nitrogen functional groups attached to an aromatic ring is 1. The van der Waals surface area contributed by atoms with Gasteiger partial charge < -0.3 is 5.43 Å². The molecule has 0 saturated heterocycles. The van der Waals surface area contributed by atoms with Gasteiger partial charge in [-0.05, 0) is 11.6 Å². The van der Waals surface area contributed by atoms with E-state index in [0.717, 1.165) is 0 Å². The predicted molar refractivity (Wildman–Crippen MR) is 73.5 cm³/mol. The van der Waals surface area contributed by atoms with Crippen LogP contribution in [0.4, 0.5) is 11.4 Å². The zero-order valence-corrected chi connectivity index (χ0v) is 10.9. The van der Waals surface area contributed by atoms with Crippen molar-refractivity contribution in [1.82, 2.24) is 9.55 Å². The molecule has 0 fully saturated rings. The van der Waals surface area contributed by atoms with Crippen LogP contribution in [0.15, 0.2) is 35.4 Å². The van der Waals surface area contributed by atoms with Gasteiger partial charge in [-0.15, -0.1) is 0 Å². The van der Waals surface area contributed by atoms with E-state index in [-0.39, 0.29) is 17.9 Å². The maximum Gasteiger partial charge on any atom is 0.347 e. The normalized spacial score (nSPS) is 10.3. The lowest BCUT2D eigenvalue weighted by atomic mass is 10.1. The van der Waals surface area contributed by atoms with Gasteiger partial charge in [0, 0.05) is 12.3 Å².